The average Bonchev–Trinajstić information content (AvgIpc) is 2.75. The van der Waals surface area contributed by atoms with Crippen molar-refractivity contribution < 1.29 is 23.1 Å². The van der Waals surface area contributed by atoms with Crippen molar-refractivity contribution in [3.05, 3.63) is 30.1 Å². The summed E-state index contributed by atoms with van der Waals surface area (Å²) in [5.41, 5.74) is -1.87. The van der Waals surface area contributed by atoms with Crippen molar-refractivity contribution in [2.45, 2.75) is 19.1 Å². The number of aliphatic carboxylic acids is 1. The average molecular weight is 274 g/mol. The summed E-state index contributed by atoms with van der Waals surface area (Å²) in [5, 5.41) is 8.92. The van der Waals surface area contributed by atoms with E-state index in [0.29, 0.717) is 0 Å². The SMILES string of the molecule is O=C(O)C1(C(F)(F)F)CCN(Cc2cccnc2)C1. The molecule has 1 N–H and O–H groups in total. The zero-order valence-electron chi connectivity index (χ0n) is 10.0. The van der Waals surface area contributed by atoms with Gasteiger partial charge in [0.25, 0.3) is 0 Å². The molecular weight excluding hydrogens is 261 g/mol. The molecule has 1 aromatic heterocycles. The lowest BCUT2D eigenvalue weighted by atomic mass is 9.86. The maximum absolute atomic E-state index is 13.0. The normalized spacial score (nSPS) is 24.6. The minimum Gasteiger partial charge on any atom is -0.481 e. The molecule has 0 bridgehead atoms. The van der Waals surface area contributed by atoms with E-state index in [2.05, 4.69) is 4.98 Å². The summed E-state index contributed by atoms with van der Waals surface area (Å²) in [6, 6.07) is 3.45. The van der Waals surface area contributed by atoms with Crippen LogP contribution in [0, 0.1) is 5.41 Å². The standard InChI is InChI=1S/C12H13F3N2O2/c13-12(14,15)11(10(18)19)3-5-17(8-11)7-9-2-1-4-16-6-9/h1-2,4,6H,3,5,7-8H2,(H,18,19). The zero-order chi connectivity index (χ0) is 14.1. The number of carboxylic acids is 1. The number of carboxylic acid groups (broad SMARTS) is 1. The van der Waals surface area contributed by atoms with Crippen LogP contribution in [0.5, 0.6) is 0 Å². The second kappa shape index (κ2) is 4.80. The van der Waals surface area contributed by atoms with E-state index < -0.39 is 30.5 Å². The number of aromatic nitrogens is 1. The maximum Gasteiger partial charge on any atom is 0.406 e. The predicted molar refractivity (Wildman–Crippen MR) is 60.3 cm³/mol. The van der Waals surface area contributed by atoms with E-state index in [9.17, 15) is 18.0 Å². The lowest BCUT2D eigenvalue weighted by Gasteiger charge is -2.27. The third kappa shape index (κ3) is 2.56. The van der Waals surface area contributed by atoms with E-state index in [4.69, 9.17) is 5.11 Å². The zero-order valence-corrected chi connectivity index (χ0v) is 10.0. The predicted octanol–water partition coefficient (Wildman–Crippen LogP) is 1.92. The molecule has 1 fully saturated rings. The summed E-state index contributed by atoms with van der Waals surface area (Å²) in [7, 11) is 0. The van der Waals surface area contributed by atoms with Crippen molar-refractivity contribution in [1.82, 2.24) is 9.88 Å². The molecule has 4 nitrogen and oxygen atoms in total. The topological polar surface area (TPSA) is 53.4 Å². The second-order valence-corrected chi connectivity index (χ2v) is 4.71. The largest absolute Gasteiger partial charge is 0.481 e. The maximum atomic E-state index is 13.0. The molecule has 1 aliphatic rings. The van der Waals surface area contributed by atoms with Gasteiger partial charge in [-0.1, -0.05) is 6.07 Å². The molecule has 0 saturated carbocycles. The Hall–Kier alpha value is -1.63. The van der Waals surface area contributed by atoms with Crippen molar-refractivity contribution in [3.63, 3.8) is 0 Å². The number of halogens is 3. The van der Waals surface area contributed by atoms with Crippen LogP contribution in [0.2, 0.25) is 0 Å². The van der Waals surface area contributed by atoms with Crippen LogP contribution in [-0.4, -0.2) is 40.2 Å². The summed E-state index contributed by atoms with van der Waals surface area (Å²) >= 11 is 0. The number of hydrogen-bond donors (Lipinski definition) is 1. The fourth-order valence-corrected chi connectivity index (χ4v) is 2.30. The highest BCUT2D eigenvalue weighted by Gasteiger charge is 2.63. The van der Waals surface area contributed by atoms with Crippen molar-refractivity contribution in [3.8, 4) is 0 Å². The second-order valence-electron chi connectivity index (χ2n) is 4.71. The van der Waals surface area contributed by atoms with Crippen LogP contribution in [0.15, 0.2) is 24.5 Å². The van der Waals surface area contributed by atoms with Crippen molar-refractivity contribution in [2.24, 2.45) is 5.41 Å². The van der Waals surface area contributed by atoms with E-state index in [-0.39, 0.29) is 13.1 Å². The third-order valence-electron chi connectivity index (χ3n) is 3.43. The van der Waals surface area contributed by atoms with E-state index in [1.807, 2.05) is 0 Å². The summed E-state index contributed by atoms with van der Waals surface area (Å²) in [6.07, 6.45) is -2.01. The first-order chi connectivity index (χ1) is 8.85. The number of pyridine rings is 1. The van der Waals surface area contributed by atoms with E-state index in [0.717, 1.165) is 5.56 Å². The van der Waals surface area contributed by atoms with Gasteiger partial charge in [-0.25, -0.2) is 0 Å². The third-order valence-corrected chi connectivity index (χ3v) is 3.43. The number of carbonyl (C=O) groups is 1. The number of alkyl halides is 3. The fourth-order valence-electron chi connectivity index (χ4n) is 2.30. The van der Waals surface area contributed by atoms with E-state index in [1.54, 1.807) is 24.5 Å². The molecule has 1 aromatic rings. The molecule has 7 heteroatoms. The monoisotopic (exact) mass is 274 g/mol. The molecule has 1 aliphatic heterocycles. The van der Waals surface area contributed by atoms with Gasteiger partial charge in [-0.3, -0.25) is 14.7 Å². The van der Waals surface area contributed by atoms with Crippen LogP contribution >= 0.6 is 0 Å². The molecule has 0 spiro atoms. The molecule has 19 heavy (non-hydrogen) atoms. The Morgan fingerprint density at radius 3 is 2.74 bits per heavy atom. The molecule has 0 aliphatic carbocycles. The fraction of sp³-hybridized carbons (Fsp3) is 0.500. The van der Waals surface area contributed by atoms with Gasteiger partial charge in [0.1, 0.15) is 0 Å². The van der Waals surface area contributed by atoms with Gasteiger partial charge in [0.05, 0.1) is 0 Å². The van der Waals surface area contributed by atoms with Crippen LogP contribution < -0.4 is 0 Å². The first-order valence-corrected chi connectivity index (χ1v) is 5.76. The lowest BCUT2D eigenvalue weighted by molar-refractivity contribution is -0.227. The van der Waals surface area contributed by atoms with Crippen LogP contribution in [0.4, 0.5) is 13.2 Å². The first-order valence-electron chi connectivity index (χ1n) is 5.76. The lowest BCUT2D eigenvalue weighted by Crippen LogP contribution is -2.47. The number of rotatable bonds is 3. The molecular formula is C12H13F3N2O2. The van der Waals surface area contributed by atoms with Crippen molar-refractivity contribution >= 4 is 5.97 Å². The molecule has 1 atom stereocenters. The summed E-state index contributed by atoms with van der Waals surface area (Å²) in [5.74, 6) is -1.80. The number of likely N-dealkylation sites (tertiary alicyclic amines) is 1. The molecule has 2 rings (SSSR count). The van der Waals surface area contributed by atoms with Gasteiger partial charge in [-0.2, -0.15) is 13.2 Å². The van der Waals surface area contributed by atoms with Gasteiger partial charge in [-0.05, 0) is 18.1 Å². The Balaban J connectivity index is 2.12. The van der Waals surface area contributed by atoms with Gasteiger partial charge >= 0.3 is 12.1 Å². The van der Waals surface area contributed by atoms with Crippen LogP contribution in [0.25, 0.3) is 0 Å². The smallest absolute Gasteiger partial charge is 0.406 e. The molecule has 0 radical (unpaired) electrons. The van der Waals surface area contributed by atoms with Crippen LogP contribution in [0.3, 0.4) is 0 Å². The minimum atomic E-state index is -4.73. The Morgan fingerprint density at radius 2 is 2.26 bits per heavy atom. The molecule has 1 unspecified atom stereocenters. The van der Waals surface area contributed by atoms with E-state index in [1.165, 1.54) is 4.90 Å². The summed E-state index contributed by atoms with van der Waals surface area (Å²) < 4.78 is 38.9. The van der Waals surface area contributed by atoms with Gasteiger partial charge in [-0.15, -0.1) is 0 Å². The summed E-state index contributed by atoms with van der Waals surface area (Å²) in [4.78, 5) is 16.4. The molecule has 0 aromatic carbocycles. The molecule has 1 saturated heterocycles. The van der Waals surface area contributed by atoms with Gasteiger partial charge < -0.3 is 5.11 Å². The quantitative estimate of drug-likeness (QED) is 0.915. The minimum absolute atomic E-state index is 0.112. The highest BCUT2D eigenvalue weighted by atomic mass is 19.4. The van der Waals surface area contributed by atoms with Gasteiger partial charge in [0, 0.05) is 32.0 Å². The Labute approximate surface area is 107 Å². The van der Waals surface area contributed by atoms with E-state index >= 15 is 0 Å². The number of nitrogens with zero attached hydrogens (tertiary/aromatic N) is 2. The van der Waals surface area contributed by atoms with Gasteiger partial charge in [0.2, 0.25) is 0 Å². The van der Waals surface area contributed by atoms with Crippen LogP contribution in [-0.2, 0) is 11.3 Å². The van der Waals surface area contributed by atoms with Gasteiger partial charge in [0.15, 0.2) is 5.41 Å². The highest BCUT2D eigenvalue weighted by molar-refractivity contribution is 5.76. The molecule has 0 amide bonds. The van der Waals surface area contributed by atoms with Crippen molar-refractivity contribution in [2.75, 3.05) is 13.1 Å². The first kappa shape index (κ1) is 13.8. The highest BCUT2D eigenvalue weighted by Crippen LogP contribution is 2.45. The Bertz CT molecular complexity index is 464. The Morgan fingerprint density at radius 1 is 1.53 bits per heavy atom. The van der Waals surface area contributed by atoms with Crippen LogP contribution in [0.1, 0.15) is 12.0 Å². The summed E-state index contributed by atoms with van der Waals surface area (Å²) in [6.45, 7) is -0.125. The number of hydrogen-bond acceptors (Lipinski definition) is 3. The molecule has 104 valence electrons. The molecule has 2 heterocycles. The Kier molecular flexibility index (Phi) is 3.49. The van der Waals surface area contributed by atoms with Crippen molar-refractivity contribution in [1.29, 1.82) is 0 Å².